The lowest BCUT2D eigenvalue weighted by atomic mass is 10.2. The number of ether oxygens (including phenoxy) is 1. The number of imidazole rings is 1. The van der Waals surface area contributed by atoms with Crippen LogP contribution >= 0.6 is 0 Å². The van der Waals surface area contributed by atoms with E-state index in [1.54, 1.807) is 4.40 Å². The van der Waals surface area contributed by atoms with Crippen LogP contribution in [0.15, 0.2) is 66.9 Å². The second-order valence-electron chi connectivity index (χ2n) is 7.77. The molecule has 34 heavy (non-hydrogen) atoms. The minimum Gasteiger partial charge on any atom is -0.406 e. The molecule has 1 amide bonds. The van der Waals surface area contributed by atoms with E-state index in [-0.39, 0.29) is 11.7 Å². The van der Waals surface area contributed by atoms with E-state index in [9.17, 15) is 18.0 Å². The number of halogens is 3. The Morgan fingerprint density at radius 2 is 1.68 bits per heavy atom. The summed E-state index contributed by atoms with van der Waals surface area (Å²) in [7, 11) is 0. The first-order valence-electron chi connectivity index (χ1n) is 10.7. The molecule has 0 spiro atoms. The van der Waals surface area contributed by atoms with Crippen LogP contribution in [0.25, 0.3) is 5.65 Å². The molecule has 0 atom stereocenters. The van der Waals surface area contributed by atoms with Gasteiger partial charge in [0.05, 0.1) is 5.69 Å². The molecule has 0 fully saturated rings. The molecule has 4 aromatic rings. The third-order valence-corrected chi connectivity index (χ3v) is 5.19. The summed E-state index contributed by atoms with van der Waals surface area (Å²) in [5, 5.41) is 6.06. The molecule has 2 heterocycles. The van der Waals surface area contributed by atoms with Gasteiger partial charge in [0.1, 0.15) is 17.1 Å². The highest BCUT2D eigenvalue weighted by molar-refractivity contribution is 5.94. The monoisotopic (exact) mass is 468 g/mol. The third-order valence-electron chi connectivity index (χ3n) is 5.19. The molecule has 0 radical (unpaired) electrons. The highest BCUT2D eigenvalue weighted by Gasteiger charge is 2.30. The van der Waals surface area contributed by atoms with Gasteiger partial charge in [-0.05, 0) is 73.0 Å². The van der Waals surface area contributed by atoms with Crippen molar-refractivity contribution in [1.29, 1.82) is 0 Å². The molecule has 6 nitrogen and oxygen atoms in total. The van der Waals surface area contributed by atoms with E-state index < -0.39 is 6.36 Å². The van der Waals surface area contributed by atoms with Crippen LogP contribution in [0.4, 0.5) is 24.5 Å². The van der Waals surface area contributed by atoms with Gasteiger partial charge in [-0.1, -0.05) is 19.1 Å². The van der Waals surface area contributed by atoms with Gasteiger partial charge in [-0.3, -0.25) is 9.20 Å². The van der Waals surface area contributed by atoms with Gasteiger partial charge in [0.25, 0.3) is 5.91 Å². The van der Waals surface area contributed by atoms with Crippen molar-refractivity contribution in [3.05, 3.63) is 89.4 Å². The molecular formula is C25H23F3N4O2. The number of nitrogens with one attached hydrogen (secondary N) is 2. The Morgan fingerprint density at radius 3 is 2.29 bits per heavy atom. The number of carbonyl (C=O) groups excluding carboxylic acids is 1. The Balaban J connectivity index is 1.38. The smallest absolute Gasteiger partial charge is 0.406 e. The van der Waals surface area contributed by atoms with Crippen molar-refractivity contribution in [3.63, 3.8) is 0 Å². The number of hydrogen-bond acceptors (Lipinski definition) is 4. The number of aryl methyl sites for hydroxylation is 2. The lowest BCUT2D eigenvalue weighted by molar-refractivity contribution is -0.274. The molecule has 2 aromatic carbocycles. The van der Waals surface area contributed by atoms with Crippen LogP contribution in [0.2, 0.25) is 0 Å². The molecule has 176 valence electrons. The van der Waals surface area contributed by atoms with Crippen LogP contribution in [-0.2, 0) is 13.0 Å². The van der Waals surface area contributed by atoms with E-state index in [0.717, 1.165) is 28.2 Å². The van der Waals surface area contributed by atoms with Crippen LogP contribution < -0.4 is 15.4 Å². The summed E-state index contributed by atoms with van der Waals surface area (Å²) in [6.07, 6.45) is -2.22. The fourth-order valence-electron chi connectivity index (χ4n) is 3.56. The van der Waals surface area contributed by atoms with Gasteiger partial charge in [-0.25, -0.2) is 4.98 Å². The van der Waals surface area contributed by atoms with Crippen molar-refractivity contribution >= 4 is 22.9 Å². The standard InChI is InChI=1S/C25H23F3N4O2/c1-3-21-23(32-13-12-16(2)14-22(32)31-21)24(33)29-15-17-4-6-18(7-5-17)30-19-8-10-20(11-9-19)34-25(26,27)28/h4-14,30H,3,15H2,1-2H3,(H,29,33). The minimum atomic E-state index is -4.72. The van der Waals surface area contributed by atoms with Crippen molar-refractivity contribution in [2.75, 3.05) is 5.32 Å². The molecule has 2 N–H and O–H groups in total. The molecule has 0 saturated carbocycles. The molecule has 0 aliphatic carbocycles. The number of anilines is 2. The van der Waals surface area contributed by atoms with Gasteiger partial charge in [0, 0.05) is 24.1 Å². The normalized spacial score (nSPS) is 11.4. The maximum atomic E-state index is 12.9. The average Bonchev–Trinajstić information content (AvgIpc) is 3.16. The molecule has 0 saturated heterocycles. The van der Waals surface area contributed by atoms with Crippen molar-refractivity contribution in [2.24, 2.45) is 0 Å². The third kappa shape index (κ3) is 5.48. The summed E-state index contributed by atoms with van der Waals surface area (Å²) in [6.45, 7) is 4.29. The first-order valence-corrected chi connectivity index (χ1v) is 10.7. The molecule has 4 rings (SSSR count). The van der Waals surface area contributed by atoms with Crippen LogP contribution in [-0.4, -0.2) is 21.7 Å². The predicted octanol–water partition coefficient (Wildman–Crippen LogP) is 5.78. The zero-order valence-electron chi connectivity index (χ0n) is 18.6. The first kappa shape index (κ1) is 23.2. The number of carbonyl (C=O) groups is 1. The summed E-state index contributed by atoms with van der Waals surface area (Å²) in [6, 6.07) is 16.7. The number of benzene rings is 2. The maximum absolute atomic E-state index is 12.9. The first-order chi connectivity index (χ1) is 16.2. The number of aromatic nitrogens is 2. The number of alkyl halides is 3. The summed E-state index contributed by atoms with van der Waals surface area (Å²) < 4.78 is 42.5. The largest absolute Gasteiger partial charge is 0.573 e. The lowest BCUT2D eigenvalue weighted by Gasteiger charge is -2.11. The van der Waals surface area contributed by atoms with Gasteiger partial charge in [0.15, 0.2) is 0 Å². The number of pyridine rings is 1. The molecule has 0 bridgehead atoms. The van der Waals surface area contributed by atoms with Crippen LogP contribution in [0.3, 0.4) is 0 Å². The molecular weight excluding hydrogens is 445 g/mol. The van der Waals surface area contributed by atoms with Crippen LogP contribution in [0.1, 0.15) is 34.2 Å². The Hall–Kier alpha value is -4.01. The van der Waals surface area contributed by atoms with Gasteiger partial charge < -0.3 is 15.4 Å². The molecule has 0 aliphatic rings. The van der Waals surface area contributed by atoms with Crippen molar-refractivity contribution < 1.29 is 22.7 Å². The van der Waals surface area contributed by atoms with Gasteiger partial charge in [-0.2, -0.15) is 0 Å². The Bertz CT molecular complexity index is 1300. The predicted molar refractivity (Wildman–Crippen MR) is 123 cm³/mol. The van der Waals surface area contributed by atoms with Crippen LogP contribution in [0, 0.1) is 6.92 Å². The van der Waals surface area contributed by atoms with Crippen molar-refractivity contribution in [1.82, 2.24) is 14.7 Å². The molecule has 2 aromatic heterocycles. The highest BCUT2D eigenvalue weighted by Crippen LogP contribution is 2.25. The fourth-order valence-corrected chi connectivity index (χ4v) is 3.56. The van der Waals surface area contributed by atoms with E-state index in [2.05, 4.69) is 20.4 Å². The van der Waals surface area contributed by atoms with Crippen molar-refractivity contribution in [2.45, 2.75) is 33.2 Å². The summed E-state index contributed by atoms with van der Waals surface area (Å²) in [4.78, 5) is 17.5. The summed E-state index contributed by atoms with van der Waals surface area (Å²) in [5.41, 5.74) is 5.37. The number of rotatable bonds is 7. The Kier molecular flexibility index (Phi) is 6.45. The van der Waals surface area contributed by atoms with Gasteiger partial charge in [-0.15, -0.1) is 13.2 Å². The van der Waals surface area contributed by atoms with Crippen molar-refractivity contribution in [3.8, 4) is 5.75 Å². The number of amides is 1. The lowest BCUT2D eigenvalue weighted by Crippen LogP contribution is -2.25. The topological polar surface area (TPSA) is 67.7 Å². The van der Waals surface area contributed by atoms with E-state index in [0.29, 0.717) is 24.3 Å². The summed E-state index contributed by atoms with van der Waals surface area (Å²) >= 11 is 0. The SMILES string of the molecule is CCc1nc2cc(C)ccn2c1C(=O)NCc1ccc(Nc2ccc(OC(F)(F)F)cc2)cc1. The second kappa shape index (κ2) is 9.46. The van der Waals surface area contributed by atoms with Crippen LogP contribution in [0.5, 0.6) is 5.75 Å². The fraction of sp³-hybridized carbons (Fsp3) is 0.200. The Labute approximate surface area is 194 Å². The number of hydrogen-bond donors (Lipinski definition) is 2. The molecule has 0 aliphatic heterocycles. The maximum Gasteiger partial charge on any atom is 0.573 e. The summed E-state index contributed by atoms with van der Waals surface area (Å²) in [5.74, 6) is -0.479. The van der Waals surface area contributed by atoms with E-state index in [1.165, 1.54) is 24.3 Å². The highest BCUT2D eigenvalue weighted by atomic mass is 19.4. The van der Waals surface area contributed by atoms with E-state index in [1.807, 2.05) is 56.4 Å². The van der Waals surface area contributed by atoms with Gasteiger partial charge in [0.2, 0.25) is 0 Å². The van der Waals surface area contributed by atoms with E-state index in [4.69, 9.17) is 0 Å². The molecule has 0 unspecified atom stereocenters. The Morgan fingerprint density at radius 1 is 1.03 bits per heavy atom. The zero-order valence-corrected chi connectivity index (χ0v) is 18.6. The molecule has 9 heteroatoms. The minimum absolute atomic E-state index is 0.198. The number of fused-ring (bicyclic) bond motifs is 1. The van der Waals surface area contributed by atoms with Gasteiger partial charge >= 0.3 is 6.36 Å². The quantitative estimate of drug-likeness (QED) is 0.361. The number of nitrogens with zero attached hydrogens (tertiary/aromatic N) is 2. The average molecular weight is 468 g/mol. The zero-order chi connectivity index (χ0) is 24.3. The second-order valence-corrected chi connectivity index (χ2v) is 7.77. The van der Waals surface area contributed by atoms with E-state index >= 15 is 0 Å².